The number of amides is 2. The molecule has 7 nitrogen and oxygen atoms in total. The smallest absolute Gasteiger partial charge is 0.321 e. The predicted molar refractivity (Wildman–Crippen MR) is 108 cm³/mol. The van der Waals surface area contributed by atoms with E-state index in [0.717, 1.165) is 28.9 Å². The van der Waals surface area contributed by atoms with Crippen molar-refractivity contribution < 1.29 is 9.53 Å². The maximum atomic E-state index is 12.8. The number of pyridine rings is 1. The molecule has 1 aromatic carbocycles. The number of fused-ring (bicyclic) bond motifs is 2. The highest BCUT2D eigenvalue weighted by molar-refractivity contribution is 5.89. The van der Waals surface area contributed by atoms with Gasteiger partial charge in [0.05, 0.1) is 24.3 Å². The molecule has 1 saturated heterocycles. The lowest BCUT2D eigenvalue weighted by molar-refractivity contribution is 0.0521. The lowest BCUT2D eigenvalue weighted by Gasteiger charge is -2.34. The van der Waals surface area contributed by atoms with Crippen LogP contribution in [-0.2, 0) is 16.8 Å². The Labute approximate surface area is 168 Å². The number of nitrogens with one attached hydrogen (secondary N) is 1. The Morgan fingerprint density at radius 2 is 2.03 bits per heavy atom. The van der Waals surface area contributed by atoms with Crippen LogP contribution in [0, 0.1) is 0 Å². The molecule has 1 unspecified atom stereocenters. The first-order valence-electron chi connectivity index (χ1n) is 9.69. The number of benzene rings is 1. The van der Waals surface area contributed by atoms with Crippen LogP contribution in [0.4, 0.5) is 10.5 Å². The molecule has 7 heteroatoms. The van der Waals surface area contributed by atoms with Crippen molar-refractivity contribution in [2.45, 2.75) is 18.4 Å². The number of urea groups is 1. The zero-order valence-corrected chi connectivity index (χ0v) is 15.9. The number of carbonyl (C=O) groups excluding carboxylic acids is 1. The Kier molecular flexibility index (Phi) is 4.44. The number of ether oxygens (including phenoxy) is 1. The highest BCUT2D eigenvalue weighted by Crippen LogP contribution is 2.39. The number of aromatic nitrogens is 3. The summed E-state index contributed by atoms with van der Waals surface area (Å²) >= 11 is 0. The van der Waals surface area contributed by atoms with Crippen LogP contribution >= 0.6 is 0 Å². The molecule has 1 fully saturated rings. The van der Waals surface area contributed by atoms with Gasteiger partial charge in [0, 0.05) is 48.5 Å². The van der Waals surface area contributed by atoms with Gasteiger partial charge in [-0.25, -0.2) is 14.8 Å². The number of likely N-dealkylation sites (tertiary alicyclic amines) is 1. The third-order valence-corrected chi connectivity index (χ3v) is 5.59. The number of rotatable bonds is 2. The molecule has 1 spiro atoms. The minimum Gasteiger partial charge on any atom is -0.376 e. The second kappa shape index (κ2) is 7.25. The van der Waals surface area contributed by atoms with Crippen molar-refractivity contribution in [3.05, 3.63) is 72.3 Å². The van der Waals surface area contributed by atoms with Gasteiger partial charge in [-0.05, 0) is 30.7 Å². The summed E-state index contributed by atoms with van der Waals surface area (Å²) in [4.78, 5) is 28.2. The Morgan fingerprint density at radius 3 is 2.86 bits per heavy atom. The number of hydrogen-bond donors (Lipinski definition) is 1. The molecule has 2 amide bonds. The average molecular weight is 387 g/mol. The second-order valence-electron chi connectivity index (χ2n) is 7.55. The average Bonchev–Trinajstić information content (AvgIpc) is 3.20. The summed E-state index contributed by atoms with van der Waals surface area (Å²) in [6.07, 6.45) is 6.16. The van der Waals surface area contributed by atoms with Gasteiger partial charge in [0.2, 0.25) is 0 Å². The van der Waals surface area contributed by atoms with E-state index in [1.165, 1.54) is 0 Å². The fraction of sp³-hybridized carbons (Fsp3) is 0.273. The van der Waals surface area contributed by atoms with E-state index in [1.807, 2.05) is 53.6 Å². The Hall–Kier alpha value is -3.32. The molecule has 1 atom stereocenters. The molecule has 1 N–H and O–H groups in total. The first kappa shape index (κ1) is 17.8. The van der Waals surface area contributed by atoms with E-state index in [1.54, 1.807) is 12.4 Å². The normalized spacial score (nSPS) is 20.5. The SMILES string of the molecule is O=C(Nc1ccccc1)N1CCC2(COCc3cnc(-c4cccnc4)nc32)C1. The van der Waals surface area contributed by atoms with E-state index in [9.17, 15) is 4.79 Å². The van der Waals surface area contributed by atoms with Crippen LogP contribution in [0.25, 0.3) is 11.4 Å². The molecule has 2 aliphatic heterocycles. The quantitative estimate of drug-likeness (QED) is 0.730. The molecule has 3 aromatic rings. The number of anilines is 1. The Bertz CT molecular complexity index is 1030. The first-order valence-corrected chi connectivity index (χ1v) is 9.69. The van der Waals surface area contributed by atoms with Crippen LogP contribution in [0.2, 0.25) is 0 Å². The van der Waals surface area contributed by atoms with E-state index in [0.29, 0.717) is 32.1 Å². The van der Waals surface area contributed by atoms with E-state index >= 15 is 0 Å². The molecule has 2 aromatic heterocycles. The third-order valence-electron chi connectivity index (χ3n) is 5.59. The van der Waals surface area contributed by atoms with Crippen LogP contribution < -0.4 is 5.32 Å². The minimum absolute atomic E-state index is 0.0956. The maximum Gasteiger partial charge on any atom is 0.321 e. The van der Waals surface area contributed by atoms with Crippen LogP contribution in [0.5, 0.6) is 0 Å². The maximum absolute atomic E-state index is 12.8. The zero-order chi connectivity index (χ0) is 19.7. The Balaban J connectivity index is 1.42. The topological polar surface area (TPSA) is 80.2 Å². The minimum atomic E-state index is -0.304. The third kappa shape index (κ3) is 3.34. The summed E-state index contributed by atoms with van der Waals surface area (Å²) in [7, 11) is 0. The van der Waals surface area contributed by atoms with Gasteiger partial charge in [-0.1, -0.05) is 18.2 Å². The summed E-state index contributed by atoms with van der Waals surface area (Å²) in [6.45, 7) is 2.29. The number of hydrogen-bond acceptors (Lipinski definition) is 5. The molecule has 146 valence electrons. The van der Waals surface area contributed by atoms with Crippen molar-refractivity contribution in [1.29, 1.82) is 0 Å². The van der Waals surface area contributed by atoms with Gasteiger partial charge >= 0.3 is 6.03 Å². The van der Waals surface area contributed by atoms with Gasteiger partial charge in [0.1, 0.15) is 0 Å². The van der Waals surface area contributed by atoms with E-state index < -0.39 is 0 Å². The van der Waals surface area contributed by atoms with E-state index in [4.69, 9.17) is 9.72 Å². The van der Waals surface area contributed by atoms with E-state index in [-0.39, 0.29) is 11.4 Å². The van der Waals surface area contributed by atoms with Crippen molar-refractivity contribution in [2.75, 3.05) is 25.0 Å². The molecule has 2 aliphatic rings. The van der Waals surface area contributed by atoms with Gasteiger partial charge in [-0.3, -0.25) is 4.98 Å². The van der Waals surface area contributed by atoms with Crippen molar-refractivity contribution in [1.82, 2.24) is 19.9 Å². The lowest BCUT2D eigenvalue weighted by Crippen LogP contribution is -2.42. The van der Waals surface area contributed by atoms with Crippen LogP contribution in [0.3, 0.4) is 0 Å². The van der Waals surface area contributed by atoms with Crippen LogP contribution in [0.1, 0.15) is 17.7 Å². The molecule has 29 heavy (non-hydrogen) atoms. The van der Waals surface area contributed by atoms with Crippen LogP contribution in [-0.4, -0.2) is 45.6 Å². The number of nitrogens with zero attached hydrogens (tertiary/aromatic N) is 4. The van der Waals surface area contributed by atoms with Gasteiger partial charge < -0.3 is 15.0 Å². The molecule has 0 radical (unpaired) electrons. The molecule has 0 saturated carbocycles. The van der Waals surface area contributed by atoms with Gasteiger partial charge in [0.15, 0.2) is 5.82 Å². The second-order valence-corrected chi connectivity index (χ2v) is 7.55. The summed E-state index contributed by atoms with van der Waals surface area (Å²) in [5, 5.41) is 2.97. The van der Waals surface area contributed by atoms with Crippen molar-refractivity contribution in [2.24, 2.45) is 0 Å². The molecule has 5 rings (SSSR count). The predicted octanol–water partition coefficient (Wildman–Crippen LogP) is 3.24. The fourth-order valence-corrected chi connectivity index (χ4v) is 4.11. The molecule has 0 aliphatic carbocycles. The van der Waals surface area contributed by atoms with Crippen LogP contribution in [0.15, 0.2) is 61.1 Å². The van der Waals surface area contributed by atoms with Crippen molar-refractivity contribution in [3.63, 3.8) is 0 Å². The zero-order valence-electron chi connectivity index (χ0n) is 15.9. The summed E-state index contributed by atoms with van der Waals surface area (Å²) in [5.74, 6) is 0.658. The van der Waals surface area contributed by atoms with Gasteiger partial charge in [-0.15, -0.1) is 0 Å². The molecular formula is C22H21N5O2. The molecular weight excluding hydrogens is 366 g/mol. The fourth-order valence-electron chi connectivity index (χ4n) is 4.11. The standard InChI is InChI=1S/C22H21N5O2/c28-21(25-18-6-2-1-3-7-18)27-10-8-22(14-27)15-29-13-17-12-24-20(26-19(17)22)16-5-4-9-23-11-16/h1-7,9,11-12H,8,10,13-15H2,(H,25,28). The molecule has 0 bridgehead atoms. The van der Waals surface area contributed by atoms with Crippen molar-refractivity contribution in [3.8, 4) is 11.4 Å². The first-order chi connectivity index (χ1) is 14.2. The Morgan fingerprint density at radius 1 is 1.14 bits per heavy atom. The number of para-hydroxylation sites is 1. The van der Waals surface area contributed by atoms with Gasteiger partial charge in [-0.2, -0.15) is 0 Å². The number of carbonyl (C=O) groups is 1. The summed E-state index contributed by atoms with van der Waals surface area (Å²) in [5.41, 5.74) is 3.36. The molecule has 4 heterocycles. The van der Waals surface area contributed by atoms with Gasteiger partial charge in [0.25, 0.3) is 0 Å². The largest absolute Gasteiger partial charge is 0.376 e. The summed E-state index contributed by atoms with van der Waals surface area (Å²) in [6, 6.07) is 13.2. The van der Waals surface area contributed by atoms with Crippen molar-refractivity contribution >= 4 is 11.7 Å². The summed E-state index contributed by atoms with van der Waals surface area (Å²) < 4.78 is 5.87. The highest BCUT2D eigenvalue weighted by Gasteiger charge is 2.46. The highest BCUT2D eigenvalue weighted by atomic mass is 16.5. The lowest BCUT2D eigenvalue weighted by atomic mass is 9.80. The van der Waals surface area contributed by atoms with E-state index in [2.05, 4.69) is 15.3 Å². The monoisotopic (exact) mass is 387 g/mol.